The second kappa shape index (κ2) is 11.0. The van der Waals surface area contributed by atoms with E-state index in [0.717, 1.165) is 22.6 Å². The van der Waals surface area contributed by atoms with Crippen molar-refractivity contribution in [2.24, 2.45) is 5.10 Å². The van der Waals surface area contributed by atoms with Crippen molar-refractivity contribution in [3.05, 3.63) is 58.6 Å². The second-order valence-electron chi connectivity index (χ2n) is 6.86. The normalized spacial score (nSPS) is 15.3. The van der Waals surface area contributed by atoms with E-state index >= 15 is 0 Å². The monoisotopic (exact) mass is 464 g/mol. The van der Waals surface area contributed by atoms with E-state index in [9.17, 15) is 4.79 Å². The molecule has 3 rings (SSSR count). The Bertz CT molecular complexity index is 884. The summed E-state index contributed by atoms with van der Waals surface area (Å²) < 4.78 is 11.6. The minimum absolute atomic E-state index is 0.0508. The van der Waals surface area contributed by atoms with E-state index in [4.69, 9.17) is 21.1 Å². The molecule has 1 heterocycles. The number of amides is 1. The van der Waals surface area contributed by atoms with Crippen molar-refractivity contribution in [1.29, 1.82) is 0 Å². The molecule has 0 radical (unpaired) electrons. The summed E-state index contributed by atoms with van der Waals surface area (Å²) in [5, 5.41) is 4.79. The van der Waals surface area contributed by atoms with Crippen LogP contribution >= 0.6 is 35.1 Å². The topological polar surface area (TPSA) is 59.9 Å². The molecule has 0 bridgehead atoms. The predicted molar refractivity (Wildman–Crippen MR) is 127 cm³/mol. The number of ether oxygens (including phenoxy) is 2. The second-order valence-corrected chi connectivity index (χ2v) is 10.7. The van der Waals surface area contributed by atoms with Crippen LogP contribution in [0.1, 0.15) is 31.4 Å². The summed E-state index contributed by atoms with van der Waals surface area (Å²) in [5.74, 6) is 3.38. The van der Waals surface area contributed by atoms with E-state index in [0.29, 0.717) is 36.2 Å². The third kappa shape index (κ3) is 6.86. The summed E-state index contributed by atoms with van der Waals surface area (Å²) in [6.07, 6.45) is 2.06. The number of carbonyl (C=O) groups excluding carboxylic acids is 1. The van der Waals surface area contributed by atoms with Gasteiger partial charge in [-0.15, -0.1) is 23.5 Å². The molecule has 1 saturated heterocycles. The lowest BCUT2D eigenvalue weighted by Gasteiger charge is -2.19. The maximum atomic E-state index is 12.2. The third-order valence-corrected chi connectivity index (χ3v) is 7.90. The van der Waals surface area contributed by atoms with Crippen molar-refractivity contribution in [1.82, 2.24) is 5.43 Å². The van der Waals surface area contributed by atoms with Gasteiger partial charge in [0.25, 0.3) is 0 Å². The Kier molecular flexibility index (Phi) is 8.36. The van der Waals surface area contributed by atoms with E-state index in [-0.39, 0.29) is 9.99 Å². The summed E-state index contributed by atoms with van der Waals surface area (Å²) in [6.45, 7) is 4.96. The van der Waals surface area contributed by atoms with Gasteiger partial charge in [0.2, 0.25) is 5.91 Å². The van der Waals surface area contributed by atoms with Crippen molar-refractivity contribution in [3.8, 4) is 11.5 Å². The first-order valence-electron chi connectivity index (χ1n) is 9.71. The molecule has 0 unspecified atom stereocenters. The molecule has 2 aromatic rings. The molecular formula is C22H25ClN2O3S2. The Morgan fingerprint density at radius 2 is 1.90 bits per heavy atom. The summed E-state index contributed by atoms with van der Waals surface area (Å²) in [4.78, 5) is 12.2. The molecule has 0 aromatic heterocycles. The van der Waals surface area contributed by atoms with E-state index in [1.807, 2.05) is 72.9 Å². The minimum Gasteiger partial charge on any atom is -0.490 e. The summed E-state index contributed by atoms with van der Waals surface area (Å²) >= 11 is 9.58. The van der Waals surface area contributed by atoms with Crippen LogP contribution in [0.25, 0.3) is 0 Å². The Morgan fingerprint density at radius 1 is 1.17 bits per heavy atom. The fourth-order valence-electron chi connectivity index (χ4n) is 2.90. The van der Waals surface area contributed by atoms with Gasteiger partial charge in [-0.2, -0.15) is 5.10 Å². The van der Waals surface area contributed by atoms with Crippen LogP contribution in [0.3, 0.4) is 0 Å². The van der Waals surface area contributed by atoms with Crippen LogP contribution in [-0.2, 0) is 11.4 Å². The zero-order valence-electron chi connectivity index (χ0n) is 17.0. The summed E-state index contributed by atoms with van der Waals surface area (Å²) in [7, 11) is 0. The lowest BCUT2D eigenvalue weighted by molar-refractivity contribution is -0.121. The van der Waals surface area contributed by atoms with E-state index in [2.05, 4.69) is 17.5 Å². The lowest BCUT2D eigenvalue weighted by atomic mass is 10.2. The number of hydrogen-bond acceptors (Lipinski definition) is 6. The van der Waals surface area contributed by atoms with E-state index < -0.39 is 0 Å². The molecule has 1 aliphatic heterocycles. The molecule has 30 heavy (non-hydrogen) atoms. The van der Waals surface area contributed by atoms with Gasteiger partial charge in [0.15, 0.2) is 11.5 Å². The number of carbonyl (C=O) groups is 1. The highest BCUT2D eigenvalue weighted by Crippen LogP contribution is 2.45. The van der Waals surface area contributed by atoms with Crippen molar-refractivity contribution in [3.63, 3.8) is 0 Å². The Hall–Kier alpha value is -1.83. The molecule has 1 aliphatic rings. The van der Waals surface area contributed by atoms with Gasteiger partial charge in [-0.05, 0) is 55.3 Å². The van der Waals surface area contributed by atoms with Crippen LogP contribution in [0, 0.1) is 0 Å². The molecule has 5 nitrogen and oxygen atoms in total. The van der Waals surface area contributed by atoms with E-state index in [1.165, 1.54) is 0 Å². The number of hydrazone groups is 1. The van der Waals surface area contributed by atoms with Gasteiger partial charge < -0.3 is 9.47 Å². The lowest BCUT2D eigenvalue weighted by Crippen LogP contribution is -2.26. The number of nitrogens with one attached hydrogen (secondary N) is 1. The number of rotatable bonds is 9. The van der Waals surface area contributed by atoms with Gasteiger partial charge in [-0.3, -0.25) is 4.79 Å². The third-order valence-electron chi connectivity index (χ3n) is 4.36. The van der Waals surface area contributed by atoms with Crippen molar-refractivity contribution in [2.45, 2.75) is 31.0 Å². The van der Waals surface area contributed by atoms with Crippen molar-refractivity contribution < 1.29 is 14.3 Å². The molecule has 1 N–H and O–H groups in total. The smallest absolute Gasteiger partial charge is 0.242 e. The zero-order valence-corrected chi connectivity index (χ0v) is 19.4. The van der Waals surface area contributed by atoms with Crippen LogP contribution in [-0.4, -0.2) is 34.3 Å². The molecule has 160 valence electrons. The maximum absolute atomic E-state index is 12.2. The van der Waals surface area contributed by atoms with Gasteiger partial charge in [0.05, 0.1) is 23.3 Å². The van der Waals surface area contributed by atoms with Gasteiger partial charge in [0, 0.05) is 16.5 Å². The fraction of sp³-hybridized carbons (Fsp3) is 0.364. The van der Waals surface area contributed by atoms with Crippen LogP contribution in [0.5, 0.6) is 11.5 Å². The van der Waals surface area contributed by atoms with Gasteiger partial charge in [-0.25, -0.2) is 5.43 Å². The van der Waals surface area contributed by atoms with Gasteiger partial charge in [-0.1, -0.05) is 23.7 Å². The van der Waals surface area contributed by atoms with Crippen LogP contribution in [0.15, 0.2) is 47.6 Å². The molecule has 2 aromatic carbocycles. The Balaban J connectivity index is 1.58. The van der Waals surface area contributed by atoms with Gasteiger partial charge in [0.1, 0.15) is 6.61 Å². The molecule has 8 heteroatoms. The summed E-state index contributed by atoms with van der Waals surface area (Å²) in [5.41, 5.74) is 4.45. The quantitative estimate of drug-likeness (QED) is 0.400. The number of thioether (sulfide) groups is 2. The fourth-order valence-corrected chi connectivity index (χ4v) is 5.86. The van der Waals surface area contributed by atoms with Gasteiger partial charge >= 0.3 is 0 Å². The molecule has 1 fully saturated rings. The molecule has 0 spiro atoms. The molecule has 0 atom stereocenters. The Labute approximate surface area is 190 Å². The van der Waals surface area contributed by atoms with Crippen molar-refractivity contribution >= 4 is 47.2 Å². The van der Waals surface area contributed by atoms with Crippen LogP contribution in [0.4, 0.5) is 0 Å². The number of hydrogen-bond donors (Lipinski definition) is 1. The highest BCUT2D eigenvalue weighted by Gasteiger charge is 2.32. The highest BCUT2D eigenvalue weighted by atomic mass is 35.5. The standard InChI is InChI=1S/C22H25ClN2O3S2/c1-3-27-20-12-17(14-24-25-21(26)13-22(2)29-10-11-30-22)6-9-19(20)28-15-16-4-7-18(23)8-5-16/h4-9,12,14H,3,10-11,13,15H2,1-2H3,(H,25,26)/b24-14-. The Morgan fingerprint density at radius 3 is 2.60 bits per heavy atom. The predicted octanol–water partition coefficient (Wildman–Crippen LogP) is 5.35. The number of halogens is 1. The average Bonchev–Trinajstić information content (AvgIpc) is 3.14. The molecule has 0 aliphatic carbocycles. The number of benzene rings is 2. The number of nitrogens with zero attached hydrogens (tertiary/aromatic N) is 1. The highest BCUT2D eigenvalue weighted by molar-refractivity contribution is 8.21. The maximum Gasteiger partial charge on any atom is 0.242 e. The first-order chi connectivity index (χ1) is 14.5. The average molecular weight is 465 g/mol. The molecule has 1 amide bonds. The first-order valence-corrected chi connectivity index (χ1v) is 12.1. The zero-order chi connectivity index (χ0) is 21.4. The molecule has 0 saturated carbocycles. The first kappa shape index (κ1) is 22.8. The van der Waals surface area contributed by atoms with E-state index in [1.54, 1.807) is 6.21 Å². The van der Waals surface area contributed by atoms with Crippen LogP contribution in [0.2, 0.25) is 5.02 Å². The molecular weight excluding hydrogens is 440 g/mol. The SMILES string of the molecule is CCOc1cc(/C=N\NC(=O)CC2(C)SCCS2)ccc1OCc1ccc(Cl)cc1. The van der Waals surface area contributed by atoms with Crippen LogP contribution < -0.4 is 14.9 Å². The summed E-state index contributed by atoms with van der Waals surface area (Å²) in [6, 6.07) is 13.1. The largest absolute Gasteiger partial charge is 0.490 e. The minimum atomic E-state index is -0.0800. The van der Waals surface area contributed by atoms with Crippen molar-refractivity contribution in [2.75, 3.05) is 18.1 Å².